The van der Waals surface area contributed by atoms with Crippen molar-refractivity contribution in [3.8, 4) is 0 Å². The van der Waals surface area contributed by atoms with E-state index in [4.69, 9.17) is 0 Å². The van der Waals surface area contributed by atoms with Crippen LogP contribution in [0.1, 0.15) is 11.4 Å². The van der Waals surface area contributed by atoms with Crippen molar-refractivity contribution in [1.82, 2.24) is 9.55 Å². The second-order valence-corrected chi connectivity index (χ2v) is 5.13. The lowest BCUT2D eigenvalue weighted by molar-refractivity contribution is -0.116. The van der Waals surface area contributed by atoms with Crippen molar-refractivity contribution in [3.05, 3.63) is 46.2 Å². The van der Waals surface area contributed by atoms with Crippen LogP contribution in [0.2, 0.25) is 0 Å². The molecule has 4 nitrogen and oxygen atoms in total. The van der Waals surface area contributed by atoms with Crippen LogP contribution in [0.5, 0.6) is 0 Å². The molecule has 0 fully saturated rings. The molecule has 0 saturated carbocycles. The van der Waals surface area contributed by atoms with Crippen LogP contribution in [0.4, 0.5) is 10.1 Å². The Balaban J connectivity index is 2.07. The Morgan fingerprint density at radius 1 is 1.47 bits per heavy atom. The van der Waals surface area contributed by atoms with Crippen molar-refractivity contribution >= 4 is 27.5 Å². The third-order valence-electron chi connectivity index (χ3n) is 2.86. The molecule has 0 bridgehead atoms. The minimum absolute atomic E-state index is 0.113. The molecular weight excluding hydrogens is 313 g/mol. The molecule has 1 aromatic heterocycles. The first-order valence-corrected chi connectivity index (χ1v) is 6.50. The van der Waals surface area contributed by atoms with Gasteiger partial charge in [0.05, 0.1) is 17.7 Å². The van der Waals surface area contributed by atoms with Gasteiger partial charge in [-0.1, -0.05) is 15.9 Å². The monoisotopic (exact) mass is 325 g/mol. The van der Waals surface area contributed by atoms with Gasteiger partial charge in [-0.15, -0.1) is 0 Å². The van der Waals surface area contributed by atoms with Crippen LogP contribution in [0.25, 0.3) is 0 Å². The van der Waals surface area contributed by atoms with Crippen molar-refractivity contribution in [2.45, 2.75) is 20.4 Å². The smallest absolute Gasteiger partial charge is 0.244 e. The number of benzene rings is 1. The Kier molecular flexibility index (Phi) is 3.99. The number of imidazole rings is 1. The molecule has 0 unspecified atom stereocenters. The van der Waals surface area contributed by atoms with Crippen molar-refractivity contribution in [1.29, 1.82) is 0 Å². The van der Waals surface area contributed by atoms with Crippen molar-refractivity contribution < 1.29 is 9.18 Å². The summed E-state index contributed by atoms with van der Waals surface area (Å²) in [7, 11) is 0. The van der Waals surface area contributed by atoms with E-state index in [-0.39, 0.29) is 18.1 Å². The van der Waals surface area contributed by atoms with Gasteiger partial charge >= 0.3 is 0 Å². The fraction of sp³-hybridized carbons (Fsp3) is 0.231. The number of aryl methyl sites for hydroxylation is 1. The molecule has 100 valence electrons. The van der Waals surface area contributed by atoms with E-state index in [0.29, 0.717) is 4.47 Å². The average Bonchev–Trinajstić information content (AvgIpc) is 2.65. The summed E-state index contributed by atoms with van der Waals surface area (Å²) in [6, 6.07) is 4.50. The van der Waals surface area contributed by atoms with Gasteiger partial charge < -0.3 is 9.88 Å². The first kappa shape index (κ1) is 13.7. The van der Waals surface area contributed by atoms with Crippen molar-refractivity contribution in [2.75, 3.05) is 5.32 Å². The van der Waals surface area contributed by atoms with Crippen LogP contribution >= 0.6 is 15.9 Å². The molecule has 0 atom stereocenters. The Morgan fingerprint density at radius 2 is 2.21 bits per heavy atom. The molecule has 0 saturated heterocycles. The number of carbonyl (C=O) groups is 1. The summed E-state index contributed by atoms with van der Waals surface area (Å²) in [5.41, 5.74) is 1.97. The lowest BCUT2D eigenvalue weighted by Gasteiger charge is -2.08. The topological polar surface area (TPSA) is 46.9 Å². The van der Waals surface area contributed by atoms with Gasteiger partial charge in [0.25, 0.3) is 0 Å². The maximum atomic E-state index is 13.6. The van der Waals surface area contributed by atoms with E-state index >= 15 is 0 Å². The largest absolute Gasteiger partial charge is 0.325 e. The summed E-state index contributed by atoms with van der Waals surface area (Å²) in [5.74, 6) is -0.761. The SMILES string of the molecule is Cc1ncn(CC(=O)Nc2ccc(Br)cc2F)c1C. The predicted molar refractivity (Wildman–Crippen MR) is 74.4 cm³/mol. The first-order chi connectivity index (χ1) is 8.97. The van der Waals surface area contributed by atoms with E-state index in [1.165, 1.54) is 12.1 Å². The first-order valence-electron chi connectivity index (χ1n) is 5.70. The van der Waals surface area contributed by atoms with E-state index in [1.54, 1.807) is 17.0 Å². The fourth-order valence-corrected chi connectivity index (χ4v) is 1.97. The van der Waals surface area contributed by atoms with Gasteiger partial charge in [0.1, 0.15) is 12.4 Å². The number of hydrogen-bond acceptors (Lipinski definition) is 2. The zero-order valence-corrected chi connectivity index (χ0v) is 12.2. The van der Waals surface area contributed by atoms with E-state index in [1.807, 2.05) is 13.8 Å². The number of nitrogens with zero attached hydrogens (tertiary/aromatic N) is 2. The van der Waals surface area contributed by atoms with Gasteiger partial charge in [0.2, 0.25) is 5.91 Å². The maximum Gasteiger partial charge on any atom is 0.244 e. The van der Waals surface area contributed by atoms with Gasteiger partial charge in [-0.25, -0.2) is 9.37 Å². The lowest BCUT2D eigenvalue weighted by Crippen LogP contribution is -2.19. The third-order valence-corrected chi connectivity index (χ3v) is 3.36. The van der Waals surface area contributed by atoms with Gasteiger partial charge in [-0.3, -0.25) is 4.79 Å². The number of nitrogens with one attached hydrogen (secondary N) is 1. The minimum Gasteiger partial charge on any atom is -0.325 e. The quantitative estimate of drug-likeness (QED) is 0.942. The van der Waals surface area contributed by atoms with Crippen molar-refractivity contribution in [2.24, 2.45) is 0 Å². The molecular formula is C13H13BrFN3O. The zero-order chi connectivity index (χ0) is 14.0. The van der Waals surface area contributed by atoms with Gasteiger partial charge in [0.15, 0.2) is 0 Å². The van der Waals surface area contributed by atoms with Crippen LogP contribution in [-0.4, -0.2) is 15.5 Å². The van der Waals surface area contributed by atoms with Gasteiger partial charge in [-0.2, -0.15) is 0 Å². The predicted octanol–water partition coefficient (Wildman–Crippen LogP) is 3.04. The average molecular weight is 326 g/mol. The molecule has 1 aromatic carbocycles. The highest BCUT2D eigenvalue weighted by molar-refractivity contribution is 9.10. The van der Waals surface area contributed by atoms with E-state index in [0.717, 1.165) is 11.4 Å². The minimum atomic E-state index is -0.471. The molecule has 0 aliphatic heterocycles. The molecule has 2 aromatic rings. The summed E-state index contributed by atoms with van der Waals surface area (Å²) in [6.45, 7) is 3.87. The summed E-state index contributed by atoms with van der Waals surface area (Å²) in [5, 5.41) is 2.54. The summed E-state index contributed by atoms with van der Waals surface area (Å²) in [4.78, 5) is 16.0. The van der Waals surface area contributed by atoms with E-state index in [2.05, 4.69) is 26.2 Å². The highest BCUT2D eigenvalue weighted by Crippen LogP contribution is 2.19. The Morgan fingerprint density at radius 3 is 2.79 bits per heavy atom. The number of hydrogen-bond donors (Lipinski definition) is 1. The second-order valence-electron chi connectivity index (χ2n) is 4.22. The van der Waals surface area contributed by atoms with Crippen LogP contribution in [0.3, 0.4) is 0 Å². The van der Waals surface area contributed by atoms with Crippen LogP contribution in [0, 0.1) is 19.7 Å². The molecule has 0 aliphatic rings. The maximum absolute atomic E-state index is 13.6. The standard InChI is InChI=1S/C13H13BrFN3O/c1-8-9(2)18(7-16-8)6-13(19)17-12-4-3-10(14)5-11(12)15/h3-5,7H,6H2,1-2H3,(H,17,19). The number of anilines is 1. The Labute approximate surface area is 118 Å². The van der Waals surface area contributed by atoms with E-state index < -0.39 is 5.82 Å². The van der Waals surface area contributed by atoms with Crippen LogP contribution in [0.15, 0.2) is 29.0 Å². The lowest BCUT2D eigenvalue weighted by atomic mass is 10.3. The molecule has 0 aliphatic carbocycles. The summed E-state index contributed by atoms with van der Waals surface area (Å²) < 4.78 is 15.9. The van der Waals surface area contributed by atoms with Crippen LogP contribution < -0.4 is 5.32 Å². The number of rotatable bonds is 3. The van der Waals surface area contributed by atoms with E-state index in [9.17, 15) is 9.18 Å². The van der Waals surface area contributed by atoms with Gasteiger partial charge in [0, 0.05) is 10.2 Å². The highest BCUT2D eigenvalue weighted by atomic mass is 79.9. The third kappa shape index (κ3) is 3.20. The normalized spacial score (nSPS) is 10.5. The summed E-state index contributed by atoms with van der Waals surface area (Å²) in [6.07, 6.45) is 1.60. The highest BCUT2D eigenvalue weighted by Gasteiger charge is 2.10. The van der Waals surface area contributed by atoms with Gasteiger partial charge in [-0.05, 0) is 32.0 Å². The Bertz CT molecular complexity index is 624. The molecule has 6 heteroatoms. The molecule has 1 N–H and O–H groups in total. The zero-order valence-electron chi connectivity index (χ0n) is 10.6. The molecule has 0 radical (unpaired) electrons. The Hall–Kier alpha value is -1.69. The molecule has 1 amide bonds. The number of amides is 1. The molecule has 19 heavy (non-hydrogen) atoms. The molecule has 2 rings (SSSR count). The second kappa shape index (κ2) is 5.52. The number of carbonyl (C=O) groups excluding carboxylic acids is 1. The molecule has 1 heterocycles. The van der Waals surface area contributed by atoms with Crippen molar-refractivity contribution in [3.63, 3.8) is 0 Å². The summed E-state index contributed by atoms with van der Waals surface area (Å²) >= 11 is 3.16. The molecule has 0 spiro atoms. The number of halogens is 2. The fourth-order valence-electron chi connectivity index (χ4n) is 1.64. The number of aromatic nitrogens is 2. The van der Waals surface area contributed by atoms with Crippen LogP contribution in [-0.2, 0) is 11.3 Å².